The molecule has 0 fully saturated rings. The van der Waals surface area contributed by atoms with Crippen molar-refractivity contribution in [1.82, 2.24) is 10.6 Å². The summed E-state index contributed by atoms with van der Waals surface area (Å²) in [5, 5.41) is 5.26. The summed E-state index contributed by atoms with van der Waals surface area (Å²) in [7, 11) is 0. The number of carbonyl (C=O) groups excluding carboxylic acids is 4. The molecule has 0 saturated heterocycles. The fourth-order valence-electron chi connectivity index (χ4n) is 2.73. The van der Waals surface area contributed by atoms with E-state index in [-0.39, 0.29) is 23.0 Å². The highest BCUT2D eigenvalue weighted by molar-refractivity contribution is 7.98. The fraction of sp³-hybridized carbons (Fsp3) is 0.524. The summed E-state index contributed by atoms with van der Waals surface area (Å²) < 4.78 is 5.27. The maximum Gasteiger partial charge on any atom is 0.328 e. The van der Waals surface area contributed by atoms with Gasteiger partial charge in [-0.3, -0.25) is 14.4 Å². The number of benzene rings is 1. The van der Waals surface area contributed by atoms with Gasteiger partial charge in [-0.05, 0) is 49.8 Å². The Bertz CT molecular complexity index is 739. The number of nitrogens with one attached hydrogen (secondary N) is 2. The molecule has 0 aliphatic carbocycles. The zero-order chi connectivity index (χ0) is 22.7. The molecule has 0 aliphatic heterocycles. The van der Waals surface area contributed by atoms with Crippen molar-refractivity contribution in [3.8, 4) is 5.75 Å². The minimum atomic E-state index is -0.842. The van der Waals surface area contributed by atoms with Gasteiger partial charge < -0.3 is 21.1 Å². The SMILES string of the molecule is CSCC[C@H](NC=O)C(=O)N[C@@H](CC(C)C)C(=O)c1ccccc1OC(=O)[C@H](C)N. The van der Waals surface area contributed by atoms with Crippen LogP contribution in [0.15, 0.2) is 24.3 Å². The second-order valence-corrected chi connectivity index (χ2v) is 8.37. The highest BCUT2D eigenvalue weighted by atomic mass is 32.2. The first kappa shape index (κ1) is 25.6. The molecule has 0 radical (unpaired) electrons. The molecule has 0 saturated carbocycles. The smallest absolute Gasteiger partial charge is 0.328 e. The molecule has 1 rings (SSSR count). The average molecular weight is 438 g/mol. The molecule has 166 valence electrons. The maximum absolute atomic E-state index is 13.3. The van der Waals surface area contributed by atoms with Crippen LogP contribution in [0.5, 0.6) is 5.75 Å². The number of hydrogen-bond donors (Lipinski definition) is 3. The molecule has 3 atom stereocenters. The Kier molecular flexibility index (Phi) is 11.1. The first-order valence-electron chi connectivity index (χ1n) is 9.80. The number of carbonyl (C=O) groups is 4. The van der Waals surface area contributed by atoms with Crippen molar-refractivity contribution in [2.24, 2.45) is 11.7 Å². The lowest BCUT2D eigenvalue weighted by atomic mass is 9.95. The highest BCUT2D eigenvalue weighted by Crippen LogP contribution is 2.22. The molecule has 30 heavy (non-hydrogen) atoms. The Hall–Kier alpha value is -2.39. The normalized spacial score (nSPS) is 13.8. The van der Waals surface area contributed by atoms with Crippen molar-refractivity contribution in [2.75, 3.05) is 12.0 Å². The molecule has 0 unspecified atom stereocenters. The fourth-order valence-corrected chi connectivity index (χ4v) is 3.20. The lowest BCUT2D eigenvalue weighted by Crippen LogP contribution is -2.50. The minimum Gasteiger partial charge on any atom is -0.425 e. The second-order valence-electron chi connectivity index (χ2n) is 7.38. The van der Waals surface area contributed by atoms with Gasteiger partial charge >= 0.3 is 5.97 Å². The Balaban J connectivity index is 3.11. The number of rotatable bonds is 13. The minimum absolute atomic E-state index is 0.0951. The van der Waals surface area contributed by atoms with Crippen molar-refractivity contribution >= 4 is 35.8 Å². The number of ketones is 1. The molecule has 2 amide bonds. The van der Waals surface area contributed by atoms with Gasteiger partial charge in [0.1, 0.15) is 17.8 Å². The molecule has 0 spiro atoms. The monoisotopic (exact) mass is 437 g/mol. The van der Waals surface area contributed by atoms with E-state index in [0.29, 0.717) is 25.0 Å². The molecule has 1 aromatic carbocycles. The number of nitrogens with two attached hydrogens (primary N) is 1. The third-order valence-corrected chi connectivity index (χ3v) is 4.92. The summed E-state index contributed by atoms with van der Waals surface area (Å²) in [5.74, 6) is -0.580. The van der Waals surface area contributed by atoms with Crippen LogP contribution in [0.3, 0.4) is 0 Å². The first-order valence-corrected chi connectivity index (χ1v) is 11.2. The van der Waals surface area contributed by atoms with Gasteiger partial charge in [0.25, 0.3) is 0 Å². The van der Waals surface area contributed by atoms with E-state index < -0.39 is 30.0 Å². The van der Waals surface area contributed by atoms with Crippen molar-refractivity contribution in [2.45, 2.75) is 51.7 Å². The van der Waals surface area contributed by atoms with E-state index in [4.69, 9.17) is 10.5 Å². The molecule has 0 heterocycles. The average Bonchev–Trinajstić information content (AvgIpc) is 2.69. The lowest BCUT2D eigenvalue weighted by molar-refractivity contribution is -0.135. The summed E-state index contributed by atoms with van der Waals surface area (Å²) in [6.07, 6.45) is 3.21. The largest absolute Gasteiger partial charge is 0.425 e. The van der Waals surface area contributed by atoms with Crippen LogP contribution in [0.2, 0.25) is 0 Å². The van der Waals surface area contributed by atoms with Gasteiger partial charge in [-0.2, -0.15) is 11.8 Å². The van der Waals surface area contributed by atoms with Crippen molar-refractivity contribution in [3.05, 3.63) is 29.8 Å². The Morgan fingerprint density at radius 1 is 1.17 bits per heavy atom. The summed E-state index contributed by atoms with van der Waals surface area (Å²) in [6.45, 7) is 5.36. The predicted molar refractivity (Wildman–Crippen MR) is 117 cm³/mol. The van der Waals surface area contributed by atoms with Crippen LogP contribution >= 0.6 is 11.8 Å². The number of Topliss-reactive ketones (excluding diaryl/α,β-unsaturated/α-hetero) is 1. The highest BCUT2D eigenvalue weighted by Gasteiger charge is 2.29. The van der Waals surface area contributed by atoms with Crippen LogP contribution < -0.4 is 21.1 Å². The van der Waals surface area contributed by atoms with Crippen molar-refractivity contribution in [3.63, 3.8) is 0 Å². The Morgan fingerprint density at radius 3 is 2.40 bits per heavy atom. The molecule has 0 aliphatic rings. The summed E-state index contributed by atoms with van der Waals surface area (Å²) >= 11 is 1.55. The number of amides is 2. The molecule has 4 N–H and O–H groups in total. The third-order valence-electron chi connectivity index (χ3n) is 4.27. The van der Waals surface area contributed by atoms with Crippen LogP contribution in [0.25, 0.3) is 0 Å². The van der Waals surface area contributed by atoms with E-state index in [0.717, 1.165) is 0 Å². The Labute approximate surface area is 181 Å². The zero-order valence-corrected chi connectivity index (χ0v) is 18.7. The van der Waals surface area contributed by atoms with E-state index >= 15 is 0 Å². The van der Waals surface area contributed by atoms with E-state index in [1.807, 2.05) is 20.1 Å². The third kappa shape index (κ3) is 8.16. The number of esters is 1. The van der Waals surface area contributed by atoms with Crippen LogP contribution in [-0.2, 0) is 14.4 Å². The lowest BCUT2D eigenvalue weighted by Gasteiger charge is -2.23. The maximum atomic E-state index is 13.3. The topological polar surface area (TPSA) is 128 Å². The van der Waals surface area contributed by atoms with E-state index in [1.165, 1.54) is 13.0 Å². The van der Waals surface area contributed by atoms with Gasteiger partial charge in [0.2, 0.25) is 12.3 Å². The number of para-hydroxylation sites is 1. The van der Waals surface area contributed by atoms with Crippen molar-refractivity contribution in [1.29, 1.82) is 0 Å². The van der Waals surface area contributed by atoms with Gasteiger partial charge in [0, 0.05) is 0 Å². The summed E-state index contributed by atoms with van der Waals surface area (Å²) in [5.41, 5.74) is 5.73. The van der Waals surface area contributed by atoms with E-state index in [1.54, 1.807) is 30.0 Å². The molecule has 1 aromatic rings. The van der Waals surface area contributed by atoms with E-state index in [9.17, 15) is 19.2 Å². The predicted octanol–water partition coefficient (Wildman–Crippen LogP) is 1.52. The summed E-state index contributed by atoms with van der Waals surface area (Å²) in [6, 6.07) is 3.94. The van der Waals surface area contributed by atoms with Crippen LogP contribution in [0, 0.1) is 5.92 Å². The molecule has 9 heteroatoms. The standard InChI is InChI=1S/C21H31N3O5S/c1-13(2)11-17(24-20(27)16(23-12-25)9-10-30-4)19(26)15-7-5-6-8-18(15)29-21(28)14(3)22/h5-8,12-14,16-17H,9-11,22H2,1-4H3,(H,23,25)(H,24,27)/t14-,16-,17-/m0/s1. The molecule has 8 nitrogen and oxygen atoms in total. The van der Waals surface area contributed by atoms with Gasteiger partial charge in [0.05, 0.1) is 11.6 Å². The number of thioether (sulfide) groups is 1. The Morgan fingerprint density at radius 2 is 1.83 bits per heavy atom. The number of ether oxygens (including phenoxy) is 1. The van der Waals surface area contributed by atoms with Gasteiger partial charge in [-0.1, -0.05) is 26.0 Å². The van der Waals surface area contributed by atoms with Gasteiger partial charge in [-0.15, -0.1) is 0 Å². The second kappa shape index (κ2) is 13.0. The number of hydrogen-bond acceptors (Lipinski definition) is 7. The molecular weight excluding hydrogens is 406 g/mol. The van der Waals surface area contributed by atoms with Crippen molar-refractivity contribution < 1.29 is 23.9 Å². The van der Waals surface area contributed by atoms with Crippen LogP contribution in [0.1, 0.15) is 44.0 Å². The van der Waals surface area contributed by atoms with Crippen LogP contribution in [-0.4, -0.2) is 54.2 Å². The summed E-state index contributed by atoms with van der Waals surface area (Å²) in [4.78, 5) is 48.8. The zero-order valence-electron chi connectivity index (χ0n) is 17.8. The molecular formula is C21H31N3O5S. The van der Waals surface area contributed by atoms with Crippen LogP contribution in [0.4, 0.5) is 0 Å². The van der Waals surface area contributed by atoms with Gasteiger partial charge in [-0.25, -0.2) is 4.79 Å². The first-order chi connectivity index (χ1) is 14.2. The van der Waals surface area contributed by atoms with E-state index in [2.05, 4.69) is 10.6 Å². The quantitative estimate of drug-likeness (QED) is 0.185. The molecule has 0 aromatic heterocycles. The molecule has 0 bridgehead atoms. The van der Waals surface area contributed by atoms with Gasteiger partial charge in [0.15, 0.2) is 5.78 Å².